The fraction of sp³-hybridized carbons (Fsp3) is 0.333. The first kappa shape index (κ1) is 19.7. The second kappa shape index (κ2) is 8.75. The summed E-state index contributed by atoms with van der Waals surface area (Å²) in [6, 6.07) is 15.1. The molecule has 1 aliphatic heterocycles. The van der Waals surface area contributed by atoms with Crippen molar-refractivity contribution >= 4 is 11.8 Å². The van der Waals surface area contributed by atoms with Gasteiger partial charge < -0.3 is 25.2 Å². The average Bonchev–Trinajstić information content (AvgIpc) is 3.17. The number of benzene rings is 2. The van der Waals surface area contributed by atoms with Gasteiger partial charge in [-0.2, -0.15) is 0 Å². The molecule has 3 N–H and O–H groups in total. The van der Waals surface area contributed by atoms with Gasteiger partial charge in [0.25, 0.3) is 0 Å². The highest BCUT2D eigenvalue weighted by Gasteiger charge is 2.23. The number of carbonyl (C=O) groups excluding carboxylic acids is 2. The van der Waals surface area contributed by atoms with Gasteiger partial charge in [0, 0.05) is 13.1 Å². The molecule has 2 amide bonds. The van der Waals surface area contributed by atoms with Crippen LogP contribution in [0.15, 0.2) is 48.5 Å². The molecule has 3 rings (SSSR count). The average molecular weight is 384 g/mol. The molecule has 1 unspecified atom stereocenters. The van der Waals surface area contributed by atoms with Crippen LogP contribution in [0, 0.1) is 0 Å². The van der Waals surface area contributed by atoms with E-state index in [1.54, 1.807) is 25.1 Å². The SMILES string of the molecule is CC(O)(CCc1ccccc1)CNC(=O)C(=O)NCc1ccc2c(c1)OCO2. The fourth-order valence-corrected chi connectivity index (χ4v) is 2.81. The van der Waals surface area contributed by atoms with E-state index in [2.05, 4.69) is 10.6 Å². The van der Waals surface area contributed by atoms with Gasteiger partial charge in [0.05, 0.1) is 5.60 Å². The molecular formula is C21H24N2O5. The zero-order valence-electron chi connectivity index (χ0n) is 15.7. The van der Waals surface area contributed by atoms with Gasteiger partial charge >= 0.3 is 11.8 Å². The lowest BCUT2D eigenvalue weighted by Crippen LogP contribution is -2.46. The smallest absolute Gasteiger partial charge is 0.309 e. The first-order chi connectivity index (χ1) is 13.4. The van der Waals surface area contributed by atoms with Crippen molar-refractivity contribution in [2.75, 3.05) is 13.3 Å². The van der Waals surface area contributed by atoms with Gasteiger partial charge in [-0.1, -0.05) is 36.4 Å². The molecule has 2 aromatic rings. The van der Waals surface area contributed by atoms with Gasteiger partial charge in [-0.15, -0.1) is 0 Å². The predicted octanol–water partition coefficient (Wildman–Crippen LogP) is 1.53. The Morgan fingerprint density at radius 1 is 1.00 bits per heavy atom. The van der Waals surface area contributed by atoms with Crippen LogP contribution < -0.4 is 20.1 Å². The number of nitrogens with one attached hydrogen (secondary N) is 2. The molecule has 0 radical (unpaired) electrons. The van der Waals surface area contributed by atoms with Crippen LogP contribution in [0.4, 0.5) is 0 Å². The molecule has 7 nitrogen and oxygen atoms in total. The van der Waals surface area contributed by atoms with Crippen molar-refractivity contribution in [2.45, 2.75) is 31.9 Å². The van der Waals surface area contributed by atoms with Crippen molar-refractivity contribution in [2.24, 2.45) is 0 Å². The van der Waals surface area contributed by atoms with Gasteiger partial charge in [0.1, 0.15) is 0 Å². The Morgan fingerprint density at radius 3 is 2.50 bits per heavy atom. The Balaban J connectivity index is 1.41. The summed E-state index contributed by atoms with van der Waals surface area (Å²) in [5.74, 6) is -0.256. The normalized spacial score (nSPS) is 14.2. The molecule has 0 saturated heterocycles. The molecule has 1 atom stereocenters. The standard InChI is InChI=1S/C21H24N2O5/c1-21(26,10-9-15-5-3-2-4-6-15)13-23-20(25)19(24)22-12-16-7-8-17-18(11-16)28-14-27-17/h2-8,11,26H,9-10,12-14H2,1H3,(H,22,24)(H,23,25). The first-order valence-electron chi connectivity index (χ1n) is 9.14. The second-order valence-electron chi connectivity index (χ2n) is 7.04. The molecule has 0 spiro atoms. The number of fused-ring (bicyclic) bond motifs is 1. The van der Waals surface area contributed by atoms with Gasteiger partial charge in [-0.05, 0) is 43.0 Å². The highest BCUT2D eigenvalue weighted by molar-refractivity contribution is 6.35. The van der Waals surface area contributed by atoms with Crippen LogP contribution in [0.25, 0.3) is 0 Å². The Hall–Kier alpha value is -3.06. The van der Waals surface area contributed by atoms with E-state index in [-0.39, 0.29) is 19.9 Å². The Bertz CT molecular complexity index is 836. The van der Waals surface area contributed by atoms with Crippen molar-refractivity contribution in [1.82, 2.24) is 10.6 Å². The Morgan fingerprint density at radius 2 is 1.71 bits per heavy atom. The van der Waals surface area contributed by atoms with Crippen LogP contribution in [0.3, 0.4) is 0 Å². The molecule has 0 fully saturated rings. The summed E-state index contributed by atoms with van der Waals surface area (Å²) in [5.41, 5.74) is 0.791. The van der Waals surface area contributed by atoms with Crippen molar-refractivity contribution in [3.05, 3.63) is 59.7 Å². The molecule has 2 aromatic carbocycles. The molecule has 0 aromatic heterocycles. The van der Waals surface area contributed by atoms with E-state index in [1.165, 1.54) is 0 Å². The lowest BCUT2D eigenvalue weighted by Gasteiger charge is -2.23. The zero-order valence-corrected chi connectivity index (χ0v) is 15.7. The van der Waals surface area contributed by atoms with Crippen LogP contribution in [0.5, 0.6) is 11.5 Å². The number of hydrogen-bond donors (Lipinski definition) is 3. The van der Waals surface area contributed by atoms with E-state index in [0.717, 1.165) is 11.1 Å². The van der Waals surface area contributed by atoms with Crippen LogP contribution in [-0.4, -0.2) is 35.9 Å². The molecule has 148 valence electrons. The number of aliphatic hydroxyl groups is 1. The van der Waals surface area contributed by atoms with Gasteiger partial charge in [0.15, 0.2) is 11.5 Å². The molecule has 1 aliphatic rings. The lowest BCUT2D eigenvalue weighted by molar-refractivity contribution is -0.139. The molecule has 0 aliphatic carbocycles. The number of ether oxygens (including phenoxy) is 2. The van der Waals surface area contributed by atoms with E-state index >= 15 is 0 Å². The van der Waals surface area contributed by atoms with E-state index in [1.807, 2.05) is 30.3 Å². The lowest BCUT2D eigenvalue weighted by atomic mass is 9.97. The molecule has 0 saturated carbocycles. The third-order valence-corrected chi connectivity index (χ3v) is 4.52. The van der Waals surface area contributed by atoms with Gasteiger partial charge in [0.2, 0.25) is 6.79 Å². The van der Waals surface area contributed by atoms with Crippen LogP contribution in [0.2, 0.25) is 0 Å². The zero-order chi connectivity index (χ0) is 20.0. The van der Waals surface area contributed by atoms with Crippen molar-refractivity contribution in [1.29, 1.82) is 0 Å². The van der Waals surface area contributed by atoms with Crippen LogP contribution in [-0.2, 0) is 22.6 Å². The van der Waals surface area contributed by atoms with Gasteiger partial charge in [-0.25, -0.2) is 0 Å². The minimum atomic E-state index is -1.11. The van der Waals surface area contributed by atoms with E-state index in [4.69, 9.17) is 9.47 Å². The summed E-state index contributed by atoms with van der Waals surface area (Å²) in [7, 11) is 0. The van der Waals surface area contributed by atoms with E-state index in [0.29, 0.717) is 24.3 Å². The fourth-order valence-electron chi connectivity index (χ4n) is 2.81. The first-order valence-corrected chi connectivity index (χ1v) is 9.14. The van der Waals surface area contributed by atoms with Crippen molar-refractivity contribution in [3.63, 3.8) is 0 Å². The summed E-state index contributed by atoms with van der Waals surface area (Å²) >= 11 is 0. The third-order valence-electron chi connectivity index (χ3n) is 4.52. The summed E-state index contributed by atoms with van der Waals surface area (Å²) in [5, 5.41) is 15.5. The number of aryl methyl sites for hydroxylation is 1. The largest absolute Gasteiger partial charge is 0.454 e. The van der Waals surface area contributed by atoms with Crippen LogP contribution in [0.1, 0.15) is 24.5 Å². The highest BCUT2D eigenvalue weighted by atomic mass is 16.7. The molecular weight excluding hydrogens is 360 g/mol. The predicted molar refractivity (Wildman–Crippen MR) is 103 cm³/mol. The number of hydrogen-bond acceptors (Lipinski definition) is 5. The molecule has 28 heavy (non-hydrogen) atoms. The summed E-state index contributed by atoms with van der Waals surface area (Å²) < 4.78 is 10.5. The number of rotatable bonds is 7. The quantitative estimate of drug-likeness (QED) is 0.629. The molecule has 7 heteroatoms. The number of carbonyl (C=O) groups is 2. The monoisotopic (exact) mass is 384 g/mol. The highest BCUT2D eigenvalue weighted by Crippen LogP contribution is 2.32. The van der Waals surface area contributed by atoms with E-state index in [9.17, 15) is 14.7 Å². The summed E-state index contributed by atoms with van der Waals surface area (Å²) in [6.07, 6.45) is 1.15. The topological polar surface area (TPSA) is 96.9 Å². The minimum absolute atomic E-state index is 0.00386. The Labute approximate surface area is 163 Å². The van der Waals surface area contributed by atoms with Crippen LogP contribution >= 0.6 is 0 Å². The maximum absolute atomic E-state index is 12.0. The minimum Gasteiger partial charge on any atom is -0.454 e. The molecule has 1 heterocycles. The maximum Gasteiger partial charge on any atom is 0.309 e. The van der Waals surface area contributed by atoms with E-state index < -0.39 is 17.4 Å². The number of amides is 2. The summed E-state index contributed by atoms with van der Waals surface area (Å²) in [4.78, 5) is 24.0. The van der Waals surface area contributed by atoms with Crippen molar-refractivity contribution in [3.8, 4) is 11.5 Å². The second-order valence-corrected chi connectivity index (χ2v) is 7.04. The third kappa shape index (κ3) is 5.47. The van der Waals surface area contributed by atoms with Crippen molar-refractivity contribution < 1.29 is 24.2 Å². The Kier molecular flexibility index (Phi) is 6.16. The summed E-state index contributed by atoms with van der Waals surface area (Å²) in [6.45, 7) is 2.00. The molecule has 0 bridgehead atoms. The van der Waals surface area contributed by atoms with Gasteiger partial charge in [-0.3, -0.25) is 9.59 Å². The maximum atomic E-state index is 12.0.